The molecule has 3 amide bonds. The third-order valence-electron chi connectivity index (χ3n) is 2.08. The molecule has 0 aliphatic rings. The lowest BCUT2D eigenvalue weighted by Crippen LogP contribution is -2.39. The van der Waals surface area contributed by atoms with Crippen LogP contribution in [-0.4, -0.2) is 39.9 Å². The Kier molecular flexibility index (Phi) is 5.21. The summed E-state index contributed by atoms with van der Waals surface area (Å²) in [6, 6.07) is 4.65. The van der Waals surface area contributed by atoms with Gasteiger partial charge in [-0.25, -0.2) is 9.59 Å². The molecule has 0 saturated carbocycles. The van der Waals surface area contributed by atoms with Gasteiger partial charge in [-0.2, -0.15) is 0 Å². The zero-order valence-corrected chi connectivity index (χ0v) is 10.2. The predicted molar refractivity (Wildman–Crippen MR) is 66.0 cm³/mol. The molecule has 0 fully saturated rings. The van der Waals surface area contributed by atoms with Gasteiger partial charge >= 0.3 is 12.0 Å². The molecule has 0 unspecified atom stereocenters. The molecule has 7 nitrogen and oxygen atoms in total. The zero-order chi connectivity index (χ0) is 14.3. The van der Waals surface area contributed by atoms with E-state index in [0.29, 0.717) is 11.8 Å². The number of carbonyl (C=O) groups excluding carboxylic acids is 2. The largest absolute Gasteiger partial charge is 0.478 e. The summed E-state index contributed by atoms with van der Waals surface area (Å²) in [6.07, 6.45) is 3.03. The van der Waals surface area contributed by atoms with Crippen LogP contribution in [0.2, 0.25) is 0 Å². The van der Waals surface area contributed by atoms with E-state index in [-0.39, 0.29) is 6.54 Å². The summed E-state index contributed by atoms with van der Waals surface area (Å²) in [7, 11) is 1.50. The average molecular weight is 263 g/mol. The van der Waals surface area contributed by atoms with Crippen molar-refractivity contribution in [3.8, 4) is 0 Å². The fourth-order valence-corrected chi connectivity index (χ4v) is 1.20. The lowest BCUT2D eigenvalue weighted by Gasteiger charge is -2.16. The van der Waals surface area contributed by atoms with Crippen LogP contribution >= 0.6 is 0 Å². The smallest absolute Gasteiger partial charge is 0.328 e. The normalized spacial score (nSPS) is 10.2. The molecular weight excluding hydrogens is 250 g/mol. The topological polar surface area (TPSA) is 99.6 Å². The molecule has 2 N–H and O–H groups in total. The quantitative estimate of drug-likeness (QED) is 0.765. The number of aromatic nitrogens is 1. The van der Waals surface area contributed by atoms with E-state index in [2.05, 4.69) is 4.98 Å². The first-order chi connectivity index (χ1) is 8.99. The maximum atomic E-state index is 11.6. The number of nitrogens with one attached hydrogen (secondary N) is 1. The van der Waals surface area contributed by atoms with Crippen LogP contribution in [0.5, 0.6) is 0 Å². The SMILES string of the molecule is CN(Cc1ccccn1)C(=O)NC(=O)/C=C/C(=O)O. The molecule has 1 heterocycles. The summed E-state index contributed by atoms with van der Waals surface area (Å²) < 4.78 is 0. The highest BCUT2D eigenvalue weighted by atomic mass is 16.4. The maximum absolute atomic E-state index is 11.6. The number of carbonyl (C=O) groups is 3. The minimum Gasteiger partial charge on any atom is -0.478 e. The Bertz CT molecular complexity index is 499. The zero-order valence-electron chi connectivity index (χ0n) is 10.2. The number of rotatable bonds is 4. The van der Waals surface area contributed by atoms with E-state index in [4.69, 9.17) is 5.11 Å². The first-order valence-electron chi connectivity index (χ1n) is 5.36. The van der Waals surface area contributed by atoms with Crippen LogP contribution in [0.25, 0.3) is 0 Å². The number of imide groups is 1. The molecule has 7 heteroatoms. The predicted octanol–water partition coefficient (Wildman–Crippen LogP) is 0.390. The number of urea groups is 1. The van der Waals surface area contributed by atoms with Crippen molar-refractivity contribution in [1.82, 2.24) is 15.2 Å². The van der Waals surface area contributed by atoms with Gasteiger partial charge in [0.15, 0.2) is 0 Å². The number of pyridine rings is 1. The number of amides is 3. The molecule has 0 aliphatic carbocycles. The van der Waals surface area contributed by atoms with Crippen molar-refractivity contribution in [2.75, 3.05) is 7.05 Å². The highest BCUT2D eigenvalue weighted by Gasteiger charge is 2.11. The maximum Gasteiger partial charge on any atom is 0.328 e. The molecule has 1 aromatic heterocycles. The van der Waals surface area contributed by atoms with E-state index in [1.165, 1.54) is 11.9 Å². The first-order valence-corrected chi connectivity index (χ1v) is 5.36. The average Bonchev–Trinajstić information content (AvgIpc) is 2.37. The monoisotopic (exact) mass is 263 g/mol. The van der Waals surface area contributed by atoms with Crippen molar-refractivity contribution < 1.29 is 19.5 Å². The lowest BCUT2D eigenvalue weighted by molar-refractivity contribution is -0.131. The van der Waals surface area contributed by atoms with Crippen LogP contribution in [0.4, 0.5) is 4.79 Å². The second-order valence-electron chi connectivity index (χ2n) is 3.64. The van der Waals surface area contributed by atoms with Gasteiger partial charge in [-0.15, -0.1) is 0 Å². The van der Waals surface area contributed by atoms with Gasteiger partial charge in [0, 0.05) is 25.4 Å². The van der Waals surface area contributed by atoms with E-state index >= 15 is 0 Å². The van der Waals surface area contributed by atoms with Crippen molar-refractivity contribution >= 4 is 17.9 Å². The highest BCUT2D eigenvalue weighted by molar-refractivity contribution is 6.02. The summed E-state index contributed by atoms with van der Waals surface area (Å²) in [6.45, 7) is 0.239. The number of nitrogens with zero attached hydrogens (tertiary/aromatic N) is 2. The molecule has 19 heavy (non-hydrogen) atoms. The molecule has 1 aromatic rings. The summed E-state index contributed by atoms with van der Waals surface area (Å²) >= 11 is 0. The molecule has 100 valence electrons. The van der Waals surface area contributed by atoms with Crippen molar-refractivity contribution in [3.05, 3.63) is 42.2 Å². The van der Waals surface area contributed by atoms with Crippen LogP contribution in [0, 0.1) is 0 Å². The first kappa shape index (κ1) is 14.4. The summed E-state index contributed by atoms with van der Waals surface area (Å²) in [4.78, 5) is 38.3. The highest BCUT2D eigenvalue weighted by Crippen LogP contribution is 1.98. The number of carboxylic acids is 1. The Morgan fingerprint density at radius 2 is 2.11 bits per heavy atom. The molecule has 0 radical (unpaired) electrons. The van der Waals surface area contributed by atoms with Gasteiger partial charge < -0.3 is 10.0 Å². The van der Waals surface area contributed by atoms with E-state index in [1.807, 2.05) is 5.32 Å². The van der Waals surface area contributed by atoms with Gasteiger partial charge in [0.2, 0.25) is 0 Å². The Morgan fingerprint density at radius 1 is 1.37 bits per heavy atom. The van der Waals surface area contributed by atoms with Crippen LogP contribution in [0.1, 0.15) is 5.69 Å². The molecule has 0 aromatic carbocycles. The van der Waals surface area contributed by atoms with E-state index < -0.39 is 17.9 Å². The van der Waals surface area contributed by atoms with Crippen LogP contribution < -0.4 is 5.32 Å². The van der Waals surface area contributed by atoms with Gasteiger partial charge in [-0.3, -0.25) is 15.1 Å². The van der Waals surface area contributed by atoms with Crippen LogP contribution in [-0.2, 0) is 16.1 Å². The van der Waals surface area contributed by atoms with Gasteiger partial charge in [0.1, 0.15) is 0 Å². The Hall–Kier alpha value is -2.70. The molecule has 0 bridgehead atoms. The van der Waals surface area contributed by atoms with Crippen molar-refractivity contribution in [1.29, 1.82) is 0 Å². The lowest BCUT2D eigenvalue weighted by atomic mass is 10.3. The summed E-state index contributed by atoms with van der Waals surface area (Å²) in [5, 5.41) is 10.4. The van der Waals surface area contributed by atoms with Gasteiger partial charge in [-0.05, 0) is 12.1 Å². The molecule has 0 aliphatic heterocycles. The minimum atomic E-state index is -1.26. The number of carboxylic acid groups (broad SMARTS) is 1. The minimum absolute atomic E-state index is 0.239. The number of aliphatic carboxylic acids is 1. The summed E-state index contributed by atoms with van der Waals surface area (Å²) in [5.74, 6) is -2.05. The van der Waals surface area contributed by atoms with Gasteiger partial charge in [0.05, 0.1) is 12.2 Å². The number of hydrogen-bond acceptors (Lipinski definition) is 4. The Balaban J connectivity index is 2.49. The van der Waals surface area contributed by atoms with E-state index in [9.17, 15) is 14.4 Å². The van der Waals surface area contributed by atoms with E-state index in [1.54, 1.807) is 24.4 Å². The fourth-order valence-electron chi connectivity index (χ4n) is 1.20. The van der Waals surface area contributed by atoms with E-state index in [0.717, 1.165) is 6.08 Å². The second-order valence-corrected chi connectivity index (χ2v) is 3.64. The summed E-state index contributed by atoms with van der Waals surface area (Å²) in [5.41, 5.74) is 0.675. The third kappa shape index (κ3) is 5.44. The van der Waals surface area contributed by atoms with Gasteiger partial charge in [-0.1, -0.05) is 6.07 Å². The number of hydrogen-bond donors (Lipinski definition) is 2. The Morgan fingerprint density at radius 3 is 2.68 bits per heavy atom. The van der Waals surface area contributed by atoms with Crippen LogP contribution in [0.3, 0.4) is 0 Å². The molecule has 0 saturated heterocycles. The van der Waals surface area contributed by atoms with Crippen molar-refractivity contribution in [2.45, 2.75) is 6.54 Å². The molecular formula is C12H13N3O4. The molecule has 0 atom stereocenters. The second kappa shape index (κ2) is 6.90. The van der Waals surface area contributed by atoms with Crippen molar-refractivity contribution in [2.24, 2.45) is 0 Å². The third-order valence-corrected chi connectivity index (χ3v) is 2.08. The Labute approximate surface area is 109 Å². The standard InChI is InChI=1S/C12H13N3O4/c1-15(8-9-4-2-3-7-13-9)12(19)14-10(16)5-6-11(17)18/h2-7H,8H2,1H3,(H,17,18)(H,14,16,19)/b6-5+. The molecule has 1 rings (SSSR count). The van der Waals surface area contributed by atoms with Crippen molar-refractivity contribution in [3.63, 3.8) is 0 Å². The van der Waals surface area contributed by atoms with Gasteiger partial charge in [0.25, 0.3) is 5.91 Å². The molecule has 0 spiro atoms. The van der Waals surface area contributed by atoms with Crippen LogP contribution in [0.15, 0.2) is 36.5 Å². The fraction of sp³-hybridized carbons (Fsp3) is 0.167.